The molecule has 1 aliphatic carbocycles. The van der Waals surface area contributed by atoms with Gasteiger partial charge in [0.1, 0.15) is 12.4 Å². The van der Waals surface area contributed by atoms with Crippen molar-refractivity contribution in [2.24, 2.45) is 16.8 Å². The Bertz CT molecular complexity index is 1140. The maximum atomic E-state index is 13.8. The lowest BCUT2D eigenvalue weighted by Gasteiger charge is -2.26. The Morgan fingerprint density at radius 2 is 1.77 bits per heavy atom. The lowest BCUT2D eigenvalue weighted by Crippen LogP contribution is -2.38. The van der Waals surface area contributed by atoms with Crippen molar-refractivity contribution in [3.63, 3.8) is 0 Å². The van der Waals surface area contributed by atoms with Gasteiger partial charge in [-0.25, -0.2) is 0 Å². The van der Waals surface area contributed by atoms with Crippen LogP contribution >= 0.6 is 0 Å². The molecule has 1 saturated heterocycles. The standard InChI is InChI=1S/C30H36N2O3/c1-20(2)22(5)31-29(23-9-7-6-8-10-23)28-27(21(3)4)26-19-24(11-12-25(26)30(28)33)35-18-15-32-13-16-34-17-14-32/h6-12,19-21H,5,13-18H2,1-4H3. The van der Waals surface area contributed by atoms with Crippen LogP contribution in [0.25, 0.3) is 5.57 Å². The minimum absolute atomic E-state index is 0.0164. The summed E-state index contributed by atoms with van der Waals surface area (Å²) < 4.78 is 11.5. The molecule has 0 bridgehead atoms. The average Bonchev–Trinajstić information content (AvgIpc) is 3.15. The monoisotopic (exact) mass is 472 g/mol. The molecule has 0 atom stereocenters. The number of ketones is 1. The second-order valence-electron chi connectivity index (χ2n) is 9.75. The largest absolute Gasteiger partial charge is 0.492 e. The molecular weight excluding hydrogens is 436 g/mol. The number of allylic oxidation sites excluding steroid dienone is 3. The molecule has 1 fully saturated rings. The summed E-state index contributed by atoms with van der Waals surface area (Å²) in [7, 11) is 0. The van der Waals surface area contributed by atoms with E-state index < -0.39 is 0 Å². The van der Waals surface area contributed by atoms with Crippen LogP contribution in [-0.2, 0) is 4.74 Å². The van der Waals surface area contributed by atoms with Crippen LogP contribution < -0.4 is 4.74 Å². The summed E-state index contributed by atoms with van der Waals surface area (Å²) in [5.74, 6) is 1.12. The highest BCUT2D eigenvalue weighted by Gasteiger charge is 2.34. The number of Topliss-reactive ketones (excluding diaryl/α,β-unsaturated/α-hetero) is 1. The maximum Gasteiger partial charge on any atom is 0.196 e. The highest BCUT2D eigenvalue weighted by molar-refractivity contribution is 6.40. The first-order valence-electron chi connectivity index (χ1n) is 12.6. The van der Waals surface area contributed by atoms with Gasteiger partial charge in [-0.2, -0.15) is 0 Å². The van der Waals surface area contributed by atoms with E-state index in [0.29, 0.717) is 23.5 Å². The van der Waals surface area contributed by atoms with Crippen LogP contribution in [0, 0.1) is 11.8 Å². The molecule has 2 aromatic rings. The van der Waals surface area contributed by atoms with Crippen LogP contribution in [0.3, 0.4) is 0 Å². The molecule has 0 amide bonds. The molecule has 1 aliphatic heterocycles. The summed E-state index contributed by atoms with van der Waals surface area (Å²) in [6.45, 7) is 17.5. The van der Waals surface area contributed by atoms with Crippen molar-refractivity contribution in [1.29, 1.82) is 0 Å². The van der Waals surface area contributed by atoms with Crippen LogP contribution in [0.5, 0.6) is 5.75 Å². The normalized spacial score (nSPS) is 16.9. The molecule has 5 nitrogen and oxygen atoms in total. The first-order valence-corrected chi connectivity index (χ1v) is 12.6. The van der Waals surface area contributed by atoms with Crippen molar-refractivity contribution in [3.05, 3.63) is 83.1 Å². The van der Waals surface area contributed by atoms with Gasteiger partial charge >= 0.3 is 0 Å². The van der Waals surface area contributed by atoms with Gasteiger partial charge < -0.3 is 9.47 Å². The molecule has 184 valence electrons. The van der Waals surface area contributed by atoms with E-state index in [-0.39, 0.29) is 17.6 Å². The highest BCUT2D eigenvalue weighted by atomic mass is 16.5. The lowest BCUT2D eigenvalue weighted by atomic mass is 9.91. The van der Waals surface area contributed by atoms with E-state index in [1.165, 1.54) is 0 Å². The fourth-order valence-corrected chi connectivity index (χ4v) is 4.51. The summed E-state index contributed by atoms with van der Waals surface area (Å²) in [5.41, 5.74) is 5.73. The number of aliphatic imine (C=N–C) groups is 1. The quantitative estimate of drug-likeness (QED) is 0.442. The predicted molar refractivity (Wildman–Crippen MR) is 142 cm³/mol. The Balaban J connectivity index is 1.69. The van der Waals surface area contributed by atoms with Gasteiger partial charge in [0.05, 0.1) is 24.5 Å². The molecule has 4 rings (SSSR count). The minimum atomic E-state index is 0.0164. The number of morpholine rings is 1. The minimum Gasteiger partial charge on any atom is -0.492 e. The summed E-state index contributed by atoms with van der Waals surface area (Å²) in [6.07, 6.45) is 0. The van der Waals surface area contributed by atoms with Gasteiger partial charge in [0.25, 0.3) is 0 Å². The number of fused-ring (bicyclic) bond motifs is 1. The molecule has 0 spiro atoms. The van der Waals surface area contributed by atoms with Gasteiger partial charge in [0, 0.05) is 36.5 Å². The molecule has 2 aromatic carbocycles. The van der Waals surface area contributed by atoms with E-state index >= 15 is 0 Å². The van der Waals surface area contributed by atoms with Crippen LogP contribution in [0.4, 0.5) is 0 Å². The molecule has 1 heterocycles. The number of benzene rings is 2. The molecule has 2 aliphatic rings. The molecule has 0 radical (unpaired) electrons. The zero-order chi connectivity index (χ0) is 24.9. The van der Waals surface area contributed by atoms with Gasteiger partial charge in [0.15, 0.2) is 5.78 Å². The Hall–Kier alpha value is -3.02. The van der Waals surface area contributed by atoms with Crippen molar-refractivity contribution in [1.82, 2.24) is 4.90 Å². The summed E-state index contributed by atoms with van der Waals surface area (Å²) in [4.78, 5) is 21.0. The van der Waals surface area contributed by atoms with Crippen molar-refractivity contribution in [3.8, 4) is 5.75 Å². The third-order valence-corrected chi connectivity index (χ3v) is 6.59. The number of rotatable bonds is 9. The van der Waals surface area contributed by atoms with Gasteiger partial charge in [-0.3, -0.25) is 14.7 Å². The van der Waals surface area contributed by atoms with Gasteiger partial charge in [-0.1, -0.05) is 64.6 Å². The molecule has 5 heteroatoms. The Labute approximate surface area is 209 Å². The van der Waals surface area contributed by atoms with Crippen molar-refractivity contribution < 1.29 is 14.3 Å². The van der Waals surface area contributed by atoms with Crippen molar-refractivity contribution in [2.75, 3.05) is 39.5 Å². The SMILES string of the molecule is C=C(N=C(C1=C(C(C)C)c2cc(OCCN3CCOCC3)ccc2C1=O)c1ccccc1)C(C)C. The fourth-order valence-electron chi connectivity index (χ4n) is 4.51. The van der Waals surface area contributed by atoms with Crippen LogP contribution in [0.1, 0.15) is 49.2 Å². The second kappa shape index (κ2) is 11.1. The van der Waals surface area contributed by atoms with E-state index in [9.17, 15) is 4.79 Å². The Kier molecular flexibility index (Phi) is 7.99. The van der Waals surface area contributed by atoms with E-state index in [4.69, 9.17) is 14.5 Å². The number of nitrogens with zero attached hydrogens (tertiary/aromatic N) is 2. The van der Waals surface area contributed by atoms with Crippen molar-refractivity contribution in [2.45, 2.75) is 27.7 Å². The summed E-state index contributed by atoms with van der Waals surface area (Å²) >= 11 is 0. The third-order valence-electron chi connectivity index (χ3n) is 6.59. The van der Waals surface area contributed by atoms with Gasteiger partial charge in [-0.05, 0) is 41.2 Å². The lowest BCUT2D eigenvalue weighted by molar-refractivity contribution is 0.0322. The average molecular weight is 473 g/mol. The van der Waals surface area contributed by atoms with Crippen LogP contribution in [-0.4, -0.2) is 55.8 Å². The number of carbonyl (C=O) groups is 1. The second-order valence-corrected chi connectivity index (χ2v) is 9.75. The van der Waals surface area contributed by atoms with Crippen LogP contribution in [0.2, 0.25) is 0 Å². The van der Waals surface area contributed by atoms with E-state index in [2.05, 4.69) is 39.2 Å². The zero-order valence-electron chi connectivity index (χ0n) is 21.3. The molecule has 0 N–H and O–H groups in total. The highest BCUT2D eigenvalue weighted by Crippen LogP contribution is 2.41. The maximum absolute atomic E-state index is 13.8. The molecule has 0 unspecified atom stereocenters. The van der Waals surface area contributed by atoms with E-state index in [0.717, 1.165) is 61.0 Å². The van der Waals surface area contributed by atoms with Gasteiger partial charge in [0.2, 0.25) is 0 Å². The first-order chi connectivity index (χ1) is 16.9. The van der Waals surface area contributed by atoms with Gasteiger partial charge in [-0.15, -0.1) is 0 Å². The number of carbonyl (C=O) groups excluding carboxylic acids is 1. The molecule has 35 heavy (non-hydrogen) atoms. The fraction of sp³-hybridized carbons (Fsp3) is 0.400. The summed E-state index contributed by atoms with van der Waals surface area (Å²) in [5, 5.41) is 0. The predicted octanol–water partition coefficient (Wildman–Crippen LogP) is 5.66. The van der Waals surface area contributed by atoms with E-state index in [1.54, 1.807) is 0 Å². The number of hydrogen-bond donors (Lipinski definition) is 0. The Morgan fingerprint density at radius 3 is 2.43 bits per heavy atom. The smallest absolute Gasteiger partial charge is 0.196 e. The Morgan fingerprint density at radius 1 is 1.06 bits per heavy atom. The van der Waals surface area contributed by atoms with E-state index in [1.807, 2.05) is 48.5 Å². The molecule has 0 saturated carbocycles. The zero-order valence-corrected chi connectivity index (χ0v) is 21.3. The topological polar surface area (TPSA) is 51.1 Å². The molecule has 0 aromatic heterocycles. The third kappa shape index (κ3) is 5.63. The van der Waals surface area contributed by atoms with Crippen molar-refractivity contribution >= 4 is 17.1 Å². The number of ether oxygens (including phenoxy) is 2. The summed E-state index contributed by atoms with van der Waals surface area (Å²) in [6, 6.07) is 15.8. The van der Waals surface area contributed by atoms with Crippen LogP contribution in [0.15, 0.2) is 71.4 Å². The number of hydrogen-bond acceptors (Lipinski definition) is 5. The first kappa shape index (κ1) is 25.1. The molecular formula is C30H36N2O3.